The van der Waals surface area contributed by atoms with Crippen LogP contribution in [-0.2, 0) is 4.79 Å². The molecule has 3 rings (SSSR count). The molecule has 1 unspecified atom stereocenters. The maximum absolute atomic E-state index is 11.5. The molecule has 1 fully saturated rings. The van der Waals surface area contributed by atoms with Gasteiger partial charge < -0.3 is 10.3 Å². The zero-order valence-electron chi connectivity index (χ0n) is 15.5. The van der Waals surface area contributed by atoms with Crippen molar-refractivity contribution < 1.29 is 4.79 Å². The molecule has 2 aromatic rings. The fourth-order valence-corrected chi connectivity index (χ4v) is 4.30. The maximum atomic E-state index is 11.5. The molecule has 0 radical (unpaired) electrons. The second-order valence-corrected chi connectivity index (χ2v) is 8.14. The van der Waals surface area contributed by atoms with Gasteiger partial charge in [-0.25, -0.2) is 4.98 Å². The predicted molar refractivity (Wildman–Crippen MR) is 107 cm³/mol. The molecule has 7 heteroatoms. The van der Waals surface area contributed by atoms with Crippen molar-refractivity contribution >= 4 is 40.1 Å². The van der Waals surface area contributed by atoms with Crippen LogP contribution in [0.5, 0.6) is 0 Å². The molecule has 0 spiro atoms. The zero-order valence-corrected chi connectivity index (χ0v) is 17.0. The Labute approximate surface area is 164 Å². The second-order valence-electron chi connectivity index (χ2n) is 7.33. The number of fused-ring (bicyclic) bond motifs is 1. The lowest BCUT2D eigenvalue weighted by molar-refractivity contribution is -0.123. The van der Waals surface area contributed by atoms with Gasteiger partial charge in [-0.3, -0.25) is 9.69 Å². The predicted octanol–water partition coefficient (Wildman–Crippen LogP) is 4.57. The van der Waals surface area contributed by atoms with Gasteiger partial charge in [-0.1, -0.05) is 30.1 Å². The first kappa shape index (κ1) is 19.5. The Bertz CT molecular complexity index is 809. The number of hydrogen-bond donors (Lipinski definition) is 1. The minimum Gasteiger partial charge on any atom is -0.369 e. The van der Waals surface area contributed by atoms with E-state index < -0.39 is 0 Å². The maximum Gasteiger partial charge on any atom is 0.220 e. The molecule has 0 bridgehead atoms. The van der Waals surface area contributed by atoms with E-state index in [1.165, 1.54) is 0 Å². The van der Waals surface area contributed by atoms with Crippen LogP contribution < -0.4 is 5.73 Å². The number of imidazole rings is 1. The van der Waals surface area contributed by atoms with E-state index in [2.05, 4.69) is 30.2 Å². The molecule has 1 aliphatic rings. The summed E-state index contributed by atoms with van der Waals surface area (Å²) in [6.07, 6.45) is 2.57. The van der Waals surface area contributed by atoms with Gasteiger partial charge in [-0.05, 0) is 58.3 Å². The van der Waals surface area contributed by atoms with Gasteiger partial charge in [0.15, 0.2) is 0 Å². The van der Waals surface area contributed by atoms with E-state index >= 15 is 0 Å². The minimum atomic E-state index is -0.184. The third-order valence-electron chi connectivity index (χ3n) is 5.33. The summed E-state index contributed by atoms with van der Waals surface area (Å²) in [6, 6.07) is 4.19. The number of nitrogens with zero attached hydrogens (tertiary/aromatic N) is 3. The van der Waals surface area contributed by atoms with Crippen molar-refractivity contribution in [1.82, 2.24) is 14.5 Å². The highest BCUT2D eigenvalue weighted by Crippen LogP contribution is 2.35. The zero-order chi connectivity index (χ0) is 19.0. The van der Waals surface area contributed by atoms with E-state index in [1.54, 1.807) is 0 Å². The van der Waals surface area contributed by atoms with Crippen molar-refractivity contribution in [3.8, 4) is 0 Å². The Balaban J connectivity index is 1.99. The van der Waals surface area contributed by atoms with Crippen LogP contribution >= 0.6 is 23.2 Å². The lowest BCUT2D eigenvalue weighted by atomic mass is 9.94. The molecule has 1 aromatic carbocycles. The van der Waals surface area contributed by atoms with Crippen LogP contribution in [0.4, 0.5) is 0 Å². The molecular weight excluding hydrogens is 371 g/mol. The summed E-state index contributed by atoms with van der Waals surface area (Å²) < 4.78 is 2.26. The number of piperidine rings is 1. The van der Waals surface area contributed by atoms with Gasteiger partial charge in [0.05, 0.1) is 27.1 Å². The SMILES string of the molecule is CCC(c1nc2cc(Cl)c(Cl)cc2n1C(C)C)N1CCC(C(N)=O)CC1. The van der Waals surface area contributed by atoms with E-state index in [0.29, 0.717) is 10.0 Å². The first-order chi connectivity index (χ1) is 12.3. The number of carbonyl (C=O) groups excluding carboxylic acids is 1. The van der Waals surface area contributed by atoms with Crippen LogP contribution in [0.25, 0.3) is 11.0 Å². The van der Waals surface area contributed by atoms with Gasteiger partial charge in [-0.2, -0.15) is 0 Å². The van der Waals surface area contributed by atoms with E-state index in [9.17, 15) is 4.79 Å². The Morgan fingerprint density at radius 1 is 1.27 bits per heavy atom. The molecular formula is C19H26Cl2N4O. The molecule has 5 nitrogen and oxygen atoms in total. The fourth-order valence-electron chi connectivity index (χ4n) is 3.99. The van der Waals surface area contributed by atoms with Crippen LogP contribution in [0, 0.1) is 5.92 Å². The molecule has 0 saturated carbocycles. The smallest absolute Gasteiger partial charge is 0.220 e. The number of halogens is 2. The summed E-state index contributed by atoms with van der Waals surface area (Å²) in [6.45, 7) is 8.19. The summed E-state index contributed by atoms with van der Waals surface area (Å²) in [4.78, 5) is 18.8. The van der Waals surface area contributed by atoms with Crippen molar-refractivity contribution in [1.29, 1.82) is 0 Å². The summed E-state index contributed by atoms with van der Waals surface area (Å²) in [5.74, 6) is 0.843. The van der Waals surface area contributed by atoms with Gasteiger partial charge in [0, 0.05) is 12.0 Å². The van der Waals surface area contributed by atoms with E-state index in [-0.39, 0.29) is 23.9 Å². The van der Waals surface area contributed by atoms with Gasteiger partial charge in [0.1, 0.15) is 5.82 Å². The topological polar surface area (TPSA) is 64.2 Å². The molecule has 2 N–H and O–H groups in total. The lowest BCUT2D eigenvalue weighted by Crippen LogP contribution is -2.41. The first-order valence-electron chi connectivity index (χ1n) is 9.23. The molecule has 26 heavy (non-hydrogen) atoms. The molecule has 1 aliphatic heterocycles. The standard InChI is InChI=1S/C19H26Cl2N4O/c1-4-16(24-7-5-12(6-8-24)18(22)26)19-23-15-9-13(20)14(21)10-17(15)25(19)11(2)3/h9-12,16H,4-8H2,1-3H3,(H2,22,26). The van der Waals surface area contributed by atoms with Crippen molar-refractivity contribution in [2.75, 3.05) is 13.1 Å². The average molecular weight is 397 g/mol. The average Bonchev–Trinajstić information content (AvgIpc) is 2.94. The lowest BCUT2D eigenvalue weighted by Gasteiger charge is -2.36. The monoisotopic (exact) mass is 396 g/mol. The molecule has 1 atom stereocenters. The second kappa shape index (κ2) is 7.75. The van der Waals surface area contributed by atoms with Gasteiger partial charge in [0.2, 0.25) is 5.91 Å². The van der Waals surface area contributed by atoms with Gasteiger partial charge in [0.25, 0.3) is 0 Å². The molecule has 2 heterocycles. The number of amides is 1. The summed E-state index contributed by atoms with van der Waals surface area (Å²) in [5, 5.41) is 1.07. The van der Waals surface area contributed by atoms with Crippen LogP contribution in [0.1, 0.15) is 57.9 Å². The number of nitrogens with two attached hydrogens (primary N) is 1. The molecule has 142 valence electrons. The highest BCUT2D eigenvalue weighted by atomic mass is 35.5. The Morgan fingerprint density at radius 2 is 1.88 bits per heavy atom. The highest BCUT2D eigenvalue weighted by Gasteiger charge is 2.31. The van der Waals surface area contributed by atoms with E-state index in [1.807, 2.05) is 12.1 Å². The number of primary amides is 1. The number of rotatable bonds is 5. The fraction of sp³-hybridized carbons (Fsp3) is 0.579. The van der Waals surface area contributed by atoms with Crippen molar-refractivity contribution in [3.63, 3.8) is 0 Å². The summed E-state index contributed by atoms with van der Waals surface area (Å²) in [5.41, 5.74) is 7.35. The number of hydrogen-bond acceptors (Lipinski definition) is 3. The Hall–Kier alpha value is -1.30. The van der Waals surface area contributed by atoms with E-state index in [4.69, 9.17) is 33.9 Å². The Kier molecular flexibility index (Phi) is 5.80. The Morgan fingerprint density at radius 3 is 2.42 bits per heavy atom. The number of likely N-dealkylation sites (tertiary alicyclic amines) is 1. The third-order valence-corrected chi connectivity index (χ3v) is 6.05. The van der Waals surface area contributed by atoms with Gasteiger partial charge in [-0.15, -0.1) is 0 Å². The molecule has 0 aliphatic carbocycles. The minimum absolute atomic E-state index is 0.00900. The quantitative estimate of drug-likeness (QED) is 0.804. The first-order valence-corrected chi connectivity index (χ1v) is 9.99. The molecule has 1 saturated heterocycles. The van der Waals surface area contributed by atoms with Crippen LogP contribution in [0.2, 0.25) is 10.0 Å². The number of aromatic nitrogens is 2. The van der Waals surface area contributed by atoms with Gasteiger partial charge >= 0.3 is 0 Å². The summed E-state index contributed by atoms with van der Waals surface area (Å²) in [7, 11) is 0. The normalized spacial score (nSPS) is 17.9. The number of carbonyl (C=O) groups is 1. The molecule has 1 amide bonds. The third kappa shape index (κ3) is 3.57. The summed E-state index contributed by atoms with van der Waals surface area (Å²) >= 11 is 12.5. The van der Waals surface area contributed by atoms with Crippen LogP contribution in [0.3, 0.4) is 0 Å². The van der Waals surface area contributed by atoms with Crippen LogP contribution in [-0.4, -0.2) is 33.4 Å². The highest BCUT2D eigenvalue weighted by molar-refractivity contribution is 6.42. The van der Waals surface area contributed by atoms with Crippen LogP contribution in [0.15, 0.2) is 12.1 Å². The number of benzene rings is 1. The van der Waals surface area contributed by atoms with Crippen molar-refractivity contribution in [3.05, 3.63) is 28.0 Å². The van der Waals surface area contributed by atoms with Crippen molar-refractivity contribution in [2.45, 2.75) is 52.1 Å². The van der Waals surface area contributed by atoms with E-state index in [0.717, 1.165) is 49.2 Å². The van der Waals surface area contributed by atoms with Crippen molar-refractivity contribution in [2.24, 2.45) is 11.7 Å². The largest absolute Gasteiger partial charge is 0.369 e. The molecule has 1 aromatic heterocycles.